The third-order valence-corrected chi connectivity index (χ3v) is 3.51. The van der Waals surface area contributed by atoms with Crippen LogP contribution in [0.4, 0.5) is 5.69 Å². The van der Waals surface area contributed by atoms with E-state index in [1.807, 2.05) is 55.5 Å². The maximum Gasteiger partial charge on any atom is 0.336 e. The number of carbonyl (C=O) groups excluding carboxylic acids is 1. The molecule has 0 spiro atoms. The SMILES string of the molecule is COc1nc(-c2ccc(C)cc2)n(-c2ccc(NC(C)=O)cc2)n1. The van der Waals surface area contributed by atoms with Crippen molar-refractivity contribution in [2.24, 2.45) is 0 Å². The molecule has 3 rings (SSSR count). The number of nitrogens with one attached hydrogen (secondary N) is 1. The van der Waals surface area contributed by atoms with Gasteiger partial charge in [0.15, 0.2) is 5.82 Å². The molecule has 1 amide bonds. The Morgan fingerprint density at radius 1 is 1.08 bits per heavy atom. The van der Waals surface area contributed by atoms with Crippen molar-refractivity contribution in [1.29, 1.82) is 0 Å². The maximum absolute atomic E-state index is 11.1. The minimum absolute atomic E-state index is 0.106. The summed E-state index contributed by atoms with van der Waals surface area (Å²) < 4.78 is 6.90. The number of aromatic nitrogens is 3. The monoisotopic (exact) mass is 322 g/mol. The summed E-state index contributed by atoms with van der Waals surface area (Å²) in [5.74, 6) is 0.588. The maximum atomic E-state index is 11.1. The number of amides is 1. The molecule has 1 aromatic heterocycles. The van der Waals surface area contributed by atoms with E-state index in [1.54, 1.807) is 11.8 Å². The first-order chi connectivity index (χ1) is 11.6. The zero-order valence-electron chi connectivity index (χ0n) is 13.8. The normalized spacial score (nSPS) is 10.5. The van der Waals surface area contributed by atoms with Crippen LogP contribution in [0.1, 0.15) is 12.5 Å². The Hall–Kier alpha value is -3.15. The highest BCUT2D eigenvalue weighted by Crippen LogP contribution is 2.24. The molecule has 0 aliphatic heterocycles. The molecule has 6 heteroatoms. The van der Waals surface area contributed by atoms with Gasteiger partial charge in [-0.25, -0.2) is 4.68 Å². The third-order valence-electron chi connectivity index (χ3n) is 3.51. The molecule has 0 radical (unpaired) electrons. The number of methoxy groups -OCH3 is 1. The van der Waals surface area contributed by atoms with E-state index < -0.39 is 0 Å². The van der Waals surface area contributed by atoms with Crippen LogP contribution in [-0.4, -0.2) is 27.8 Å². The van der Waals surface area contributed by atoms with Gasteiger partial charge in [-0.1, -0.05) is 29.8 Å². The molecule has 0 atom stereocenters. The second kappa shape index (κ2) is 6.54. The molecule has 6 nitrogen and oxygen atoms in total. The van der Waals surface area contributed by atoms with Gasteiger partial charge in [0.1, 0.15) is 0 Å². The number of rotatable bonds is 4. The predicted octanol–water partition coefficient (Wildman–Crippen LogP) is 3.21. The van der Waals surface area contributed by atoms with Crippen LogP contribution in [0.5, 0.6) is 6.01 Å². The number of hydrogen-bond acceptors (Lipinski definition) is 4. The summed E-state index contributed by atoms with van der Waals surface area (Å²) in [6, 6.07) is 15.8. The van der Waals surface area contributed by atoms with Gasteiger partial charge in [-0.15, -0.1) is 5.10 Å². The lowest BCUT2D eigenvalue weighted by atomic mass is 10.1. The smallest absolute Gasteiger partial charge is 0.336 e. The fraction of sp³-hybridized carbons (Fsp3) is 0.167. The van der Waals surface area contributed by atoms with E-state index in [1.165, 1.54) is 12.5 Å². The second-order valence-electron chi connectivity index (χ2n) is 5.43. The van der Waals surface area contributed by atoms with E-state index in [4.69, 9.17) is 4.74 Å². The largest absolute Gasteiger partial charge is 0.466 e. The Balaban J connectivity index is 2.02. The van der Waals surface area contributed by atoms with Gasteiger partial charge >= 0.3 is 6.01 Å². The number of nitrogens with zero attached hydrogens (tertiary/aromatic N) is 3. The van der Waals surface area contributed by atoms with Gasteiger partial charge in [0.2, 0.25) is 5.91 Å². The number of ether oxygens (including phenoxy) is 1. The summed E-state index contributed by atoms with van der Waals surface area (Å²) in [5.41, 5.74) is 3.68. The number of anilines is 1. The average Bonchev–Trinajstić information content (AvgIpc) is 3.00. The van der Waals surface area contributed by atoms with Gasteiger partial charge in [-0.3, -0.25) is 4.79 Å². The molecule has 3 aromatic rings. The summed E-state index contributed by atoms with van der Waals surface area (Å²) in [4.78, 5) is 15.6. The Morgan fingerprint density at radius 2 is 1.75 bits per heavy atom. The third kappa shape index (κ3) is 3.27. The lowest BCUT2D eigenvalue weighted by Gasteiger charge is -2.07. The van der Waals surface area contributed by atoms with Crippen molar-refractivity contribution < 1.29 is 9.53 Å². The van der Waals surface area contributed by atoms with Gasteiger partial charge in [-0.05, 0) is 31.2 Å². The lowest BCUT2D eigenvalue weighted by molar-refractivity contribution is -0.114. The van der Waals surface area contributed by atoms with Crippen LogP contribution >= 0.6 is 0 Å². The quantitative estimate of drug-likeness (QED) is 0.801. The Kier molecular flexibility index (Phi) is 4.29. The van der Waals surface area contributed by atoms with E-state index in [9.17, 15) is 4.79 Å². The van der Waals surface area contributed by atoms with Crippen LogP contribution in [0.25, 0.3) is 17.1 Å². The Bertz CT molecular complexity index is 852. The van der Waals surface area contributed by atoms with Crippen LogP contribution in [-0.2, 0) is 4.79 Å². The van der Waals surface area contributed by atoms with Gasteiger partial charge in [-0.2, -0.15) is 4.98 Å². The molecule has 0 bridgehead atoms. The van der Waals surface area contributed by atoms with Gasteiger partial charge in [0.25, 0.3) is 0 Å². The zero-order valence-corrected chi connectivity index (χ0v) is 13.8. The topological polar surface area (TPSA) is 69.0 Å². The fourth-order valence-corrected chi connectivity index (χ4v) is 2.34. The molecule has 0 aliphatic carbocycles. The van der Waals surface area contributed by atoms with Gasteiger partial charge in [0, 0.05) is 18.2 Å². The van der Waals surface area contributed by atoms with Crippen molar-refractivity contribution in [2.45, 2.75) is 13.8 Å². The number of hydrogen-bond donors (Lipinski definition) is 1. The summed E-state index contributed by atoms with van der Waals surface area (Å²) in [5, 5.41) is 7.13. The molecule has 1 N–H and O–H groups in total. The van der Waals surface area contributed by atoms with Crippen LogP contribution < -0.4 is 10.1 Å². The van der Waals surface area contributed by atoms with E-state index in [2.05, 4.69) is 15.4 Å². The Morgan fingerprint density at radius 3 is 2.33 bits per heavy atom. The summed E-state index contributed by atoms with van der Waals surface area (Å²) in [7, 11) is 1.54. The molecule has 0 fully saturated rings. The van der Waals surface area contributed by atoms with Crippen molar-refractivity contribution in [1.82, 2.24) is 14.8 Å². The highest BCUT2D eigenvalue weighted by molar-refractivity contribution is 5.88. The van der Waals surface area contributed by atoms with Crippen molar-refractivity contribution in [3.05, 3.63) is 54.1 Å². The molecular weight excluding hydrogens is 304 g/mol. The van der Waals surface area contributed by atoms with E-state index in [-0.39, 0.29) is 5.91 Å². The first kappa shape index (κ1) is 15.7. The van der Waals surface area contributed by atoms with Crippen molar-refractivity contribution in [2.75, 3.05) is 12.4 Å². The average molecular weight is 322 g/mol. The molecule has 0 aliphatic rings. The number of aryl methyl sites for hydroxylation is 1. The summed E-state index contributed by atoms with van der Waals surface area (Å²) in [6.45, 7) is 3.52. The van der Waals surface area contributed by atoms with Crippen LogP contribution in [0.15, 0.2) is 48.5 Å². The Labute approximate surface area is 140 Å². The fourth-order valence-electron chi connectivity index (χ4n) is 2.34. The number of carbonyl (C=O) groups is 1. The summed E-state index contributed by atoms with van der Waals surface area (Å²) in [6.07, 6.45) is 0. The van der Waals surface area contributed by atoms with E-state index >= 15 is 0 Å². The molecule has 0 saturated carbocycles. The van der Waals surface area contributed by atoms with E-state index in [0.29, 0.717) is 11.8 Å². The first-order valence-corrected chi connectivity index (χ1v) is 7.53. The molecule has 24 heavy (non-hydrogen) atoms. The van der Waals surface area contributed by atoms with Crippen LogP contribution in [0.3, 0.4) is 0 Å². The number of benzene rings is 2. The lowest BCUT2D eigenvalue weighted by Crippen LogP contribution is -2.06. The highest BCUT2D eigenvalue weighted by atomic mass is 16.5. The van der Waals surface area contributed by atoms with Gasteiger partial charge in [0.05, 0.1) is 12.8 Å². The minimum Gasteiger partial charge on any atom is -0.466 e. The molecule has 1 heterocycles. The zero-order chi connectivity index (χ0) is 17.1. The standard InChI is InChI=1S/C18H18N4O2/c1-12-4-6-14(7-5-12)17-20-18(24-3)21-22(17)16-10-8-15(9-11-16)19-13(2)23/h4-11H,1-3H3,(H,19,23). The van der Waals surface area contributed by atoms with Gasteiger partial charge < -0.3 is 10.1 Å². The highest BCUT2D eigenvalue weighted by Gasteiger charge is 2.14. The van der Waals surface area contributed by atoms with E-state index in [0.717, 1.165) is 16.9 Å². The van der Waals surface area contributed by atoms with Crippen LogP contribution in [0, 0.1) is 6.92 Å². The van der Waals surface area contributed by atoms with Crippen LogP contribution in [0.2, 0.25) is 0 Å². The molecule has 2 aromatic carbocycles. The van der Waals surface area contributed by atoms with Crippen molar-refractivity contribution >= 4 is 11.6 Å². The molecule has 0 saturated heterocycles. The summed E-state index contributed by atoms with van der Waals surface area (Å²) >= 11 is 0. The predicted molar refractivity (Wildman–Crippen MR) is 92.4 cm³/mol. The minimum atomic E-state index is -0.106. The molecule has 122 valence electrons. The molecule has 0 unspecified atom stereocenters. The molecular formula is C18H18N4O2. The second-order valence-corrected chi connectivity index (χ2v) is 5.43. The van der Waals surface area contributed by atoms with Crippen molar-refractivity contribution in [3.8, 4) is 23.1 Å². The van der Waals surface area contributed by atoms with Crippen molar-refractivity contribution in [3.63, 3.8) is 0 Å². The first-order valence-electron chi connectivity index (χ1n) is 7.53.